The van der Waals surface area contributed by atoms with E-state index < -0.39 is 16.8 Å². The Morgan fingerprint density at radius 3 is 2.44 bits per heavy atom. The molecule has 9 heteroatoms. The smallest absolute Gasteiger partial charge is 0.343 e. The fourth-order valence-electron chi connectivity index (χ4n) is 3.82. The molecule has 0 bridgehead atoms. The maximum atomic E-state index is 12.5. The number of rotatable bonds is 8. The zero-order valence-electron chi connectivity index (χ0n) is 19.5. The number of fused-ring (bicyclic) bond motifs is 1. The molecule has 1 atom stereocenters. The first-order chi connectivity index (χ1) is 17.4. The predicted octanol–water partition coefficient (Wildman–Crippen LogP) is 5.21. The maximum absolute atomic E-state index is 12.5. The molecule has 0 fully saturated rings. The minimum Gasteiger partial charge on any atom is -0.494 e. The van der Waals surface area contributed by atoms with Crippen LogP contribution < -0.4 is 19.9 Å². The molecular weight excluding hydrogens is 462 g/mol. The molecule has 0 amide bonds. The van der Waals surface area contributed by atoms with Gasteiger partial charge in [0.15, 0.2) is 0 Å². The first kappa shape index (κ1) is 24.3. The Bertz CT molecular complexity index is 1360. The van der Waals surface area contributed by atoms with Crippen molar-refractivity contribution in [1.29, 1.82) is 5.26 Å². The summed E-state index contributed by atoms with van der Waals surface area (Å²) in [6.45, 7) is 2.73. The van der Waals surface area contributed by atoms with Crippen LogP contribution in [0.25, 0.3) is 0 Å². The van der Waals surface area contributed by atoms with Gasteiger partial charge in [0, 0.05) is 23.8 Å². The van der Waals surface area contributed by atoms with Crippen molar-refractivity contribution < 1.29 is 23.9 Å². The normalized spacial score (nSPS) is 14.3. The van der Waals surface area contributed by atoms with E-state index in [2.05, 4.69) is 13.0 Å². The monoisotopic (exact) mass is 485 g/mol. The van der Waals surface area contributed by atoms with Crippen molar-refractivity contribution in [2.45, 2.75) is 25.7 Å². The molecule has 0 saturated heterocycles. The molecule has 3 aromatic carbocycles. The number of benzene rings is 3. The average Bonchev–Trinajstić information content (AvgIpc) is 2.88. The lowest BCUT2D eigenvalue weighted by atomic mass is 9.83. The van der Waals surface area contributed by atoms with E-state index in [1.54, 1.807) is 12.1 Å². The topological polar surface area (TPSA) is 138 Å². The van der Waals surface area contributed by atoms with Gasteiger partial charge < -0.3 is 19.9 Å². The summed E-state index contributed by atoms with van der Waals surface area (Å²) in [5, 5.41) is 20.6. The highest BCUT2D eigenvalue weighted by Gasteiger charge is 2.31. The van der Waals surface area contributed by atoms with Crippen LogP contribution in [0.1, 0.15) is 47.2 Å². The van der Waals surface area contributed by atoms with Gasteiger partial charge in [-0.15, -0.1) is 0 Å². The predicted molar refractivity (Wildman–Crippen MR) is 131 cm³/mol. The number of unbranched alkanes of at least 4 members (excludes halogenated alkanes) is 1. The molecule has 0 radical (unpaired) electrons. The van der Waals surface area contributed by atoms with Crippen LogP contribution in [0.5, 0.6) is 17.2 Å². The SMILES string of the molecule is CCCCOc1ccc(C2C(C#N)=C(N)Oc3cc(OC(=O)c4ccc([N+](=O)[O-])cc4)ccc32)cc1. The molecule has 0 aliphatic carbocycles. The number of esters is 1. The lowest BCUT2D eigenvalue weighted by molar-refractivity contribution is -0.384. The van der Waals surface area contributed by atoms with Crippen LogP contribution >= 0.6 is 0 Å². The molecule has 1 heterocycles. The highest BCUT2D eigenvalue weighted by molar-refractivity contribution is 5.91. The molecule has 36 heavy (non-hydrogen) atoms. The van der Waals surface area contributed by atoms with Crippen LogP contribution in [0.15, 0.2) is 78.2 Å². The number of nitro groups is 1. The van der Waals surface area contributed by atoms with Crippen LogP contribution in [0.3, 0.4) is 0 Å². The lowest BCUT2D eigenvalue weighted by Gasteiger charge is -2.26. The van der Waals surface area contributed by atoms with E-state index in [0.29, 0.717) is 17.9 Å². The molecule has 182 valence electrons. The quantitative estimate of drug-likeness (QED) is 0.151. The van der Waals surface area contributed by atoms with Gasteiger partial charge in [0.25, 0.3) is 5.69 Å². The molecule has 2 N–H and O–H groups in total. The van der Waals surface area contributed by atoms with E-state index in [-0.39, 0.29) is 28.5 Å². The number of allylic oxidation sites excluding steroid dienone is 1. The van der Waals surface area contributed by atoms with E-state index in [1.807, 2.05) is 24.3 Å². The average molecular weight is 485 g/mol. The van der Waals surface area contributed by atoms with Gasteiger partial charge in [0.1, 0.15) is 28.9 Å². The number of hydrogen-bond acceptors (Lipinski definition) is 8. The zero-order valence-corrected chi connectivity index (χ0v) is 19.5. The van der Waals surface area contributed by atoms with Crippen molar-refractivity contribution in [3.63, 3.8) is 0 Å². The summed E-state index contributed by atoms with van der Waals surface area (Å²) >= 11 is 0. The maximum Gasteiger partial charge on any atom is 0.343 e. The minimum absolute atomic E-state index is 0.0304. The van der Waals surface area contributed by atoms with E-state index in [4.69, 9.17) is 19.9 Å². The van der Waals surface area contributed by atoms with Gasteiger partial charge in [-0.3, -0.25) is 10.1 Å². The highest BCUT2D eigenvalue weighted by Crippen LogP contribution is 2.43. The number of carbonyl (C=O) groups is 1. The summed E-state index contributed by atoms with van der Waals surface area (Å²) in [6.07, 6.45) is 2.00. The van der Waals surface area contributed by atoms with Gasteiger partial charge in [0.2, 0.25) is 5.88 Å². The molecule has 4 rings (SSSR count). The Balaban J connectivity index is 1.58. The van der Waals surface area contributed by atoms with Gasteiger partial charge in [-0.2, -0.15) is 5.26 Å². The summed E-state index contributed by atoms with van der Waals surface area (Å²) in [5.41, 5.74) is 7.90. The van der Waals surface area contributed by atoms with Crippen molar-refractivity contribution in [2.75, 3.05) is 6.61 Å². The molecule has 0 spiro atoms. The number of nitriles is 1. The van der Waals surface area contributed by atoms with E-state index in [1.165, 1.54) is 30.3 Å². The van der Waals surface area contributed by atoms with Crippen molar-refractivity contribution in [3.8, 4) is 23.3 Å². The fraction of sp³-hybridized carbons (Fsp3) is 0.185. The zero-order chi connectivity index (χ0) is 25.7. The first-order valence-corrected chi connectivity index (χ1v) is 11.3. The second kappa shape index (κ2) is 10.6. The minimum atomic E-state index is -0.683. The number of ether oxygens (including phenoxy) is 3. The van der Waals surface area contributed by atoms with Crippen LogP contribution in [0, 0.1) is 21.4 Å². The van der Waals surface area contributed by atoms with E-state index >= 15 is 0 Å². The third kappa shape index (κ3) is 5.13. The number of non-ortho nitro benzene ring substituents is 1. The number of nitrogens with zero attached hydrogens (tertiary/aromatic N) is 2. The third-order valence-electron chi connectivity index (χ3n) is 5.69. The number of nitro benzene ring substituents is 1. The molecule has 9 nitrogen and oxygen atoms in total. The third-order valence-corrected chi connectivity index (χ3v) is 5.69. The number of nitrogens with two attached hydrogens (primary N) is 1. The fourth-order valence-corrected chi connectivity index (χ4v) is 3.82. The Morgan fingerprint density at radius 2 is 1.81 bits per heavy atom. The second-order valence-electron chi connectivity index (χ2n) is 8.09. The van der Waals surface area contributed by atoms with Gasteiger partial charge in [-0.05, 0) is 42.3 Å². The van der Waals surface area contributed by atoms with E-state index in [0.717, 1.165) is 24.2 Å². The van der Waals surface area contributed by atoms with Gasteiger partial charge in [-0.25, -0.2) is 4.79 Å². The molecular formula is C27H23N3O6. The molecule has 1 aliphatic rings. The first-order valence-electron chi connectivity index (χ1n) is 11.3. The summed E-state index contributed by atoms with van der Waals surface area (Å²) in [5.74, 6) is 0.109. The Hall–Kier alpha value is -4.84. The van der Waals surface area contributed by atoms with Crippen LogP contribution in [0.4, 0.5) is 5.69 Å². The van der Waals surface area contributed by atoms with Crippen LogP contribution in [-0.4, -0.2) is 17.5 Å². The van der Waals surface area contributed by atoms with Crippen molar-refractivity contribution >= 4 is 11.7 Å². The number of carbonyl (C=O) groups excluding carboxylic acids is 1. The number of hydrogen-bond donors (Lipinski definition) is 1. The van der Waals surface area contributed by atoms with Gasteiger partial charge >= 0.3 is 5.97 Å². The second-order valence-corrected chi connectivity index (χ2v) is 8.09. The van der Waals surface area contributed by atoms with Crippen molar-refractivity contribution in [1.82, 2.24) is 0 Å². The lowest BCUT2D eigenvalue weighted by Crippen LogP contribution is -2.21. The Kier molecular flexibility index (Phi) is 7.16. The van der Waals surface area contributed by atoms with E-state index in [9.17, 15) is 20.2 Å². The van der Waals surface area contributed by atoms with Gasteiger partial charge in [-0.1, -0.05) is 31.5 Å². The van der Waals surface area contributed by atoms with Crippen LogP contribution in [-0.2, 0) is 0 Å². The summed E-state index contributed by atoms with van der Waals surface area (Å²) in [6, 6.07) is 19.5. The standard InChI is InChI=1S/C27H23N3O6/c1-2-3-14-34-20-10-6-17(7-11-20)25-22-13-12-21(15-24(22)36-26(29)23(25)16-28)35-27(31)18-4-8-19(9-5-18)30(32)33/h4-13,15,25H,2-3,14,29H2,1H3. The molecule has 1 aliphatic heterocycles. The van der Waals surface area contributed by atoms with Crippen molar-refractivity contribution in [2.24, 2.45) is 5.73 Å². The highest BCUT2D eigenvalue weighted by atomic mass is 16.6. The molecule has 0 aromatic heterocycles. The molecule has 0 saturated carbocycles. The molecule has 1 unspecified atom stereocenters. The van der Waals surface area contributed by atoms with Gasteiger partial charge in [0.05, 0.1) is 23.0 Å². The molecule has 3 aromatic rings. The largest absolute Gasteiger partial charge is 0.494 e. The van der Waals surface area contributed by atoms with Crippen molar-refractivity contribution in [3.05, 3.63) is 105 Å². The Morgan fingerprint density at radius 1 is 1.11 bits per heavy atom. The summed E-state index contributed by atoms with van der Waals surface area (Å²) < 4.78 is 16.9. The van der Waals surface area contributed by atoms with Crippen LogP contribution in [0.2, 0.25) is 0 Å². The summed E-state index contributed by atoms with van der Waals surface area (Å²) in [7, 11) is 0. The summed E-state index contributed by atoms with van der Waals surface area (Å²) in [4.78, 5) is 22.8. The Labute approximate surface area is 207 Å².